The van der Waals surface area contributed by atoms with Crippen molar-refractivity contribution in [3.05, 3.63) is 46.5 Å². The second kappa shape index (κ2) is 9.19. The lowest BCUT2D eigenvalue weighted by molar-refractivity contribution is 0.0959. The van der Waals surface area contributed by atoms with E-state index in [4.69, 9.17) is 4.74 Å². The summed E-state index contributed by atoms with van der Waals surface area (Å²) in [5.41, 5.74) is 4.10. The minimum absolute atomic E-state index is 0.0696. The highest BCUT2D eigenvalue weighted by Gasteiger charge is 2.33. The average molecular weight is 466 g/mol. The van der Waals surface area contributed by atoms with E-state index in [0.717, 1.165) is 58.1 Å². The number of nitrogens with one attached hydrogen (secondary N) is 3. The number of benzene rings is 1. The number of piperazine rings is 1. The Morgan fingerprint density at radius 3 is 2.76 bits per heavy atom. The van der Waals surface area contributed by atoms with Crippen molar-refractivity contribution < 1.29 is 9.53 Å². The van der Waals surface area contributed by atoms with Crippen molar-refractivity contribution in [2.75, 3.05) is 44.0 Å². The quantitative estimate of drug-likeness (QED) is 0.495. The molecule has 2 bridgehead atoms. The molecule has 0 aliphatic carbocycles. The fourth-order valence-corrected chi connectivity index (χ4v) is 6.15. The molecule has 0 radical (unpaired) electrons. The summed E-state index contributed by atoms with van der Waals surface area (Å²) in [4.78, 5) is 21.5. The molecule has 2 aromatic heterocycles. The molecule has 8 heteroatoms. The molecule has 0 spiro atoms. The van der Waals surface area contributed by atoms with Gasteiger partial charge in [0, 0.05) is 49.8 Å². The number of aromatic nitrogens is 1. The van der Waals surface area contributed by atoms with Crippen molar-refractivity contribution in [2.45, 2.75) is 38.3 Å². The van der Waals surface area contributed by atoms with Crippen LogP contribution in [0.25, 0.3) is 10.2 Å². The van der Waals surface area contributed by atoms with Crippen LogP contribution in [0.3, 0.4) is 0 Å². The van der Waals surface area contributed by atoms with Gasteiger partial charge in [0.1, 0.15) is 15.5 Å². The van der Waals surface area contributed by atoms with Gasteiger partial charge in [-0.05, 0) is 56.0 Å². The predicted octanol–water partition coefficient (Wildman–Crippen LogP) is 3.57. The summed E-state index contributed by atoms with van der Waals surface area (Å²) in [7, 11) is 3.58. The molecule has 1 amide bonds. The van der Waals surface area contributed by atoms with Gasteiger partial charge in [0.15, 0.2) is 0 Å². The standard InChI is InChI=1S/C25H31N5O2S/c1-15-4-8-19-22(26-2)23(33-25(19)28-15)24(31)27-11-10-16-5-9-20(21(12-16)32-3)30-13-17-6-7-18(14-30)29-17/h4-5,8-9,12,17-18,26,29H,6-7,10-11,13-14H2,1-3H3,(H,27,31)/t17-,18+. The van der Waals surface area contributed by atoms with E-state index in [1.54, 1.807) is 7.11 Å². The van der Waals surface area contributed by atoms with Crippen LogP contribution in [-0.4, -0.2) is 56.8 Å². The number of aryl methyl sites for hydroxylation is 1. The summed E-state index contributed by atoms with van der Waals surface area (Å²) in [6.07, 6.45) is 3.25. The van der Waals surface area contributed by atoms with Gasteiger partial charge in [-0.25, -0.2) is 4.98 Å². The van der Waals surface area contributed by atoms with Gasteiger partial charge in [0.25, 0.3) is 5.91 Å². The zero-order valence-electron chi connectivity index (χ0n) is 19.4. The molecule has 0 unspecified atom stereocenters. The molecule has 3 aromatic rings. The number of nitrogens with zero attached hydrogens (tertiary/aromatic N) is 2. The van der Waals surface area contributed by atoms with Crippen LogP contribution in [0.2, 0.25) is 0 Å². The number of carbonyl (C=O) groups excluding carboxylic acids is 1. The SMILES string of the molecule is CNc1c(C(=O)NCCc2ccc(N3C[C@H]4CC[C@@H](C3)N4)c(OC)c2)sc2nc(C)ccc12. The fourth-order valence-electron chi connectivity index (χ4n) is 5.01. The molecule has 7 nitrogen and oxygen atoms in total. The summed E-state index contributed by atoms with van der Waals surface area (Å²) < 4.78 is 5.74. The van der Waals surface area contributed by atoms with Crippen LogP contribution >= 0.6 is 11.3 Å². The molecule has 2 fully saturated rings. The number of fused-ring (bicyclic) bond motifs is 3. The Labute approximate surface area is 198 Å². The molecule has 2 aliphatic heterocycles. The van der Waals surface area contributed by atoms with E-state index in [0.29, 0.717) is 23.5 Å². The Bertz CT molecular complexity index is 1170. The number of ether oxygens (including phenoxy) is 1. The molecule has 33 heavy (non-hydrogen) atoms. The van der Waals surface area contributed by atoms with E-state index in [1.807, 2.05) is 26.1 Å². The zero-order chi connectivity index (χ0) is 22.9. The van der Waals surface area contributed by atoms with Gasteiger partial charge in [-0.15, -0.1) is 11.3 Å². The van der Waals surface area contributed by atoms with E-state index in [-0.39, 0.29) is 5.91 Å². The predicted molar refractivity (Wildman–Crippen MR) is 135 cm³/mol. The van der Waals surface area contributed by atoms with E-state index in [1.165, 1.54) is 24.2 Å². The first-order chi connectivity index (χ1) is 16.1. The molecule has 5 rings (SSSR count). The largest absolute Gasteiger partial charge is 0.495 e. The first-order valence-corrected chi connectivity index (χ1v) is 12.4. The van der Waals surface area contributed by atoms with Gasteiger partial charge in [0.2, 0.25) is 0 Å². The molecule has 2 aliphatic rings. The van der Waals surface area contributed by atoms with Crippen LogP contribution in [0.4, 0.5) is 11.4 Å². The Hall–Kier alpha value is -2.84. The number of methoxy groups -OCH3 is 1. The van der Waals surface area contributed by atoms with Crippen molar-refractivity contribution in [1.29, 1.82) is 0 Å². The number of hydrogen-bond donors (Lipinski definition) is 3. The van der Waals surface area contributed by atoms with Crippen molar-refractivity contribution in [2.24, 2.45) is 0 Å². The lowest BCUT2D eigenvalue weighted by Gasteiger charge is -2.35. The molecule has 2 saturated heterocycles. The van der Waals surface area contributed by atoms with Gasteiger partial charge < -0.3 is 25.6 Å². The van der Waals surface area contributed by atoms with Crippen molar-refractivity contribution in [1.82, 2.24) is 15.6 Å². The summed E-state index contributed by atoms with van der Waals surface area (Å²) >= 11 is 1.43. The Morgan fingerprint density at radius 1 is 1.24 bits per heavy atom. The maximum absolute atomic E-state index is 12.9. The van der Waals surface area contributed by atoms with Crippen molar-refractivity contribution >= 4 is 38.8 Å². The third-order valence-electron chi connectivity index (χ3n) is 6.65. The van der Waals surface area contributed by atoms with Crippen LogP contribution in [0.5, 0.6) is 5.75 Å². The maximum Gasteiger partial charge on any atom is 0.263 e. The van der Waals surface area contributed by atoms with Gasteiger partial charge in [0.05, 0.1) is 18.5 Å². The number of carbonyl (C=O) groups is 1. The Kier molecular flexibility index (Phi) is 6.12. The first kappa shape index (κ1) is 22.0. The smallest absolute Gasteiger partial charge is 0.263 e. The van der Waals surface area contributed by atoms with E-state index in [2.05, 4.69) is 44.0 Å². The number of thiophene rings is 1. The molecular weight excluding hydrogens is 434 g/mol. The third-order valence-corrected chi connectivity index (χ3v) is 7.75. The van der Waals surface area contributed by atoms with Crippen LogP contribution in [-0.2, 0) is 6.42 Å². The minimum Gasteiger partial charge on any atom is -0.495 e. The highest BCUT2D eigenvalue weighted by Crippen LogP contribution is 2.35. The van der Waals surface area contributed by atoms with Crippen LogP contribution in [0.1, 0.15) is 33.8 Å². The Balaban J connectivity index is 1.24. The van der Waals surface area contributed by atoms with E-state index < -0.39 is 0 Å². The highest BCUT2D eigenvalue weighted by molar-refractivity contribution is 7.21. The first-order valence-electron chi connectivity index (χ1n) is 11.6. The third kappa shape index (κ3) is 4.37. The molecule has 2 atom stereocenters. The normalized spacial score (nSPS) is 19.7. The lowest BCUT2D eigenvalue weighted by atomic mass is 10.1. The van der Waals surface area contributed by atoms with Gasteiger partial charge in [-0.1, -0.05) is 6.07 Å². The van der Waals surface area contributed by atoms with Crippen molar-refractivity contribution in [3.63, 3.8) is 0 Å². The second-order valence-electron chi connectivity index (χ2n) is 8.92. The molecule has 4 heterocycles. The average Bonchev–Trinajstić information content (AvgIpc) is 3.36. The van der Waals surface area contributed by atoms with E-state index in [9.17, 15) is 4.79 Å². The Morgan fingerprint density at radius 2 is 2.03 bits per heavy atom. The molecule has 1 aromatic carbocycles. The summed E-state index contributed by atoms with van der Waals surface area (Å²) in [6.45, 7) is 4.58. The van der Waals surface area contributed by atoms with Gasteiger partial charge >= 0.3 is 0 Å². The highest BCUT2D eigenvalue weighted by atomic mass is 32.1. The van der Waals surface area contributed by atoms with Gasteiger partial charge in [-0.3, -0.25) is 4.79 Å². The maximum atomic E-state index is 12.9. The van der Waals surface area contributed by atoms with Gasteiger partial charge in [-0.2, -0.15) is 0 Å². The van der Waals surface area contributed by atoms with Crippen LogP contribution in [0, 0.1) is 6.92 Å². The summed E-state index contributed by atoms with van der Waals surface area (Å²) in [5.74, 6) is 0.837. The monoisotopic (exact) mass is 465 g/mol. The van der Waals surface area contributed by atoms with Crippen molar-refractivity contribution in [3.8, 4) is 5.75 Å². The number of anilines is 2. The molecule has 0 saturated carbocycles. The number of hydrogen-bond acceptors (Lipinski definition) is 7. The summed E-state index contributed by atoms with van der Waals surface area (Å²) in [5, 5.41) is 10.9. The van der Waals surface area contributed by atoms with E-state index >= 15 is 0 Å². The molecule has 174 valence electrons. The lowest BCUT2D eigenvalue weighted by Crippen LogP contribution is -2.51. The summed E-state index contributed by atoms with van der Waals surface area (Å²) in [6, 6.07) is 11.6. The van der Waals surface area contributed by atoms with Crippen LogP contribution < -0.4 is 25.6 Å². The zero-order valence-corrected chi connectivity index (χ0v) is 20.2. The molecule has 3 N–H and O–H groups in total. The number of amides is 1. The minimum atomic E-state index is -0.0696. The topological polar surface area (TPSA) is 78.5 Å². The second-order valence-corrected chi connectivity index (χ2v) is 9.92. The molecular formula is C25H31N5O2S. The fraction of sp³-hybridized carbons (Fsp3) is 0.440. The number of pyridine rings is 1. The van der Waals surface area contributed by atoms with Crippen LogP contribution in [0.15, 0.2) is 30.3 Å². The number of rotatable bonds is 7.